The number of rotatable bonds is 5. The van der Waals surface area contributed by atoms with Crippen LogP contribution in [0, 0.1) is 23.6 Å². The normalized spacial score (nSPS) is 27.1. The number of esters is 1. The average molecular weight is 682 g/mol. The second-order valence-corrected chi connectivity index (χ2v) is 14.5. The first kappa shape index (κ1) is 34.1. The van der Waals surface area contributed by atoms with Crippen LogP contribution in [0.15, 0.2) is 47.4 Å². The van der Waals surface area contributed by atoms with Crippen LogP contribution in [0.4, 0.5) is 35.1 Å². The Kier molecular flexibility index (Phi) is 8.51. The molecule has 0 radical (unpaired) electrons. The number of carbonyl (C=O) groups excluding carboxylic acids is 2. The molecule has 1 aliphatic heterocycles. The number of hydrogen-bond acceptors (Lipinski definition) is 5. The summed E-state index contributed by atoms with van der Waals surface area (Å²) in [6.45, 7) is 1.66. The predicted octanol–water partition coefficient (Wildman–Crippen LogP) is 6.56. The molecule has 1 amide bonds. The van der Waals surface area contributed by atoms with Crippen molar-refractivity contribution in [3.8, 4) is 0 Å². The molecule has 5 atom stereocenters. The van der Waals surface area contributed by atoms with Crippen molar-refractivity contribution in [1.29, 1.82) is 0 Å². The number of methoxy groups -OCH3 is 1. The quantitative estimate of drug-likeness (QED) is 0.264. The summed E-state index contributed by atoms with van der Waals surface area (Å²) in [6, 6.07) is 4.35. The number of amides is 1. The lowest BCUT2D eigenvalue weighted by atomic mass is 9.73. The molecule has 3 aliphatic rings. The predicted molar refractivity (Wildman–Crippen MR) is 147 cm³/mol. The van der Waals surface area contributed by atoms with Gasteiger partial charge in [0, 0.05) is 18.0 Å². The summed E-state index contributed by atoms with van der Waals surface area (Å²) in [4.78, 5) is 27.0. The minimum Gasteiger partial charge on any atom is -0.469 e. The van der Waals surface area contributed by atoms with Crippen LogP contribution in [0.1, 0.15) is 55.7 Å². The number of sulfone groups is 1. The van der Waals surface area contributed by atoms with Crippen LogP contribution in [-0.4, -0.2) is 57.2 Å². The van der Waals surface area contributed by atoms with Crippen molar-refractivity contribution < 1.29 is 57.9 Å². The molecule has 0 spiro atoms. The van der Waals surface area contributed by atoms with Crippen molar-refractivity contribution >= 4 is 21.7 Å². The monoisotopic (exact) mass is 681 g/mol. The summed E-state index contributed by atoms with van der Waals surface area (Å²) in [7, 11) is -3.41. The van der Waals surface area contributed by atoms with E-state index in [1.54, 1.807) is 6.92 Å². The highest BCUT2D eigenvalue weighted by molar-refractivity contribution is 7.92. The minimum absolute atomic E-state index is 0.124. The number of hydrogen-bond donors (Lipinski definition) is 0. The fourth-order valence-electron chi connectivity index (χ4n) is 7.70. The number of likely N-dealkylation sites (tertiary alicyclic amines) is 1. The highest BCUT2D eigenvalue weighted by Gasteiger charge is 2.74. The summed E-state index contributed by atoms with van der Waals surface area (Å²) in [5, 5.41) is 0. The third kappa shape index (κ3) is 5.07. The van der Waals surface area contributed by atoms with Crippen LogP contribution < -0.4 is 0 Å². The van der Waals surface area contributed by atoms with Gasteiger partial charge in [-0.2, -0.15) is 26.3 Å². The first-order valence-corrected chi connectivity index (χ1v) is 16.1. The van der Waals surface area contributed by atoms with Gasteiger partial charge in [0.15, 0.2) is 9.84 Å². The van der Waals surface area contributed by atoms with Gasteiger partial charge in [-0.3, -0.25) is 9.59 Å². The standard InChI is InChI=1S/C31H31F8NO5S/c1-17-14-19(27(42)45-2)6-9-23(17)26(41)40-13-12-28(46(43,44)22-5-3-4-21(32)16-22)24-10-8-20(15-18(24)7-11-25(28)40)29(33,30(34,35)36)31(37,38)39/h3-5,8,10,15-17,19,23,25H,6-7,9,11-14H2,1-2H3/t17-,19?,23+,25?,28?/m0/s1. The summed E-state index contributed by atoms with van der Waals surface area (Å²) >= 11 is 0. The molecule has 252 valence electrons. The van der Waals surface area contributed by atoms with Gasteiger partial charge in [-0.25, -0.2) is 17.2 Å². The first-order chi connectivity index (χ1) is 21.3. The summed E-state index contributed by atoms with van der Waals surface area (Å²) in [5.41, 5.74) is -7.88. The van der Waals surface area contributed by atoms with Crippen molar-refractivity contribution in [3.05, 3.63) is 65.0 Å². The Labute approximate surface area is 260 Å². The van der Waals surface area contributed by atoms with Crippen molar-refractivity contribution in [1.82, 2.24) is 4.90 Å². The van der Waals surface area contributed by atoms with E-state index in [9.17, 15) is 48.7 Å². The Bertz CT molecular complexity index is 1630. The molecule has 3 unspecified atom stereocenters. The third-order valence-corrected chi connectivity index (χ3v) is 12.5. The number of benzene rings is 2. The van der Waals surface area contributed by atoms with Crippen LogP contribution in [0.25, 0.3) is 0 Å². The van der Waals surface area contributed by atoms with E-state index in [1.165, 1.54) is 12.0 Å². The molecule has 46 heavy (non-hydrogen) atoms. The van der Waals surface area contributed by atoms with E-state index in [2.05, 4.69) is 0 Å². The van der Waals surface area contributed by atoms with Crippen LogP contribution in [0.5, 0.6) is 0 Å². The number of ether oxygens (including phenoxy) is 1. The summed E-state index contributed by atoms with van der Waals surface area (Å²) in [5.74, 6) is -3.00. The van der Waals surface area contributed by atoms with Crippen LogP contribution in [0.2, 0.25) is 0 Å². The Balaban J connectivity index is 1.62. The number of nitrogens with zero attached hydrogens (tertiary/aromatic N) is 1. The van der Waals surface area contributed by atoms with E-state index in [4.69, 9.17) is 4.74 Å². The Morgan fingerprint density at radius 2 is 1.63 bits per heavy atom. The smallest absolute Gasteiger partial charge is 0.435 e. The van der Waals surface area contributed by atoms with E-state index in [-0.39, 0.29) is 48.9 Å². The molecule has 15 heteroatoms. The molecule has 2 aromatic rings. The van der Waals surface area contributed by atoms with Gasteiger partial charge in [0.05, 0.1) is 24.0 Å². The lowest BCUT2D eigenvalue weighted by Gasteiger charge is -2.44. The van der Waals surface area contributed by atoms with Crippen molar-refractivity contribution in [2.24, 2.45) is 17.8 Å². The lowest BCUT2D eigenvalue weighted by Crippen LogP contribution is -2.54. The van der Waals surface area contributed by atoms with Crippen LogP contribution in [0.3, 0.4) is 0 Å². The third-order valence-electron chi connectivity index (χ3n) is 9.96. The Morgan fingerprint density at radius 3 is 2.22 bits per heavy atom. The molecule has 1 saturated heterocycles. The number of fused-ring (bicyclic) bond motifs is 3. The Hall–Kier alpha value is -3.23. The SMILES string of the molecule is COC(=O)C1CC[C@@H](C(=O)N2CCC3(S(=O)(=O)c4cccc(F)c4)c4ccc(C(F)(C(F)(F)F)C(F)(F)F)cc4CCC23)[C@@H](C)C1. The second kappa shape index (κ2) is 11.5. The fraction of sp³-hybridized carbons (Fsp3) is 0.548. The van der Waals surface area contributed by atoms with Gasteiger partial charge in [0.1, 0.15) is 10.6 Å². The molecule has 0 N–H and O–H groups in total. The largest absolute Gasteiger partial charge is 0.469 e. The maximum absolute atomic E-state index is 15.0. The maximum Gasteiger partial charge on any atom is 0.435 e. The van der Waals surface area contributed by atoms with Gasteiger partial charge in [-0.15, -0.1) is 0 Å². The molecule has 1 heterocycles. The molecule has 0 aromatic heterocycles. The molecule has 5 rings (SSSR count). The van der Waals surface area contributed by atoms with E-state index in [0.29, 0.717) is 25.3 Å². The van der Waals surface area contributed by atoms with Gasteiger partial charge in [0.2, 0.25) is 5.91 Å². The molecule has 2 aromatic carbocycles. The zero-order valence-corrected chi connectivity index (χ0v) is 25.5. The van der Waals surface area contributed by atoms with E-state index >= 15 is 4.39 Å². The molecular weight excluding hydrogens is 650 g/mol. The number of halogens is 8. The Morgan fingerprint density at radius 1 is 0.957 bits per heavy atom. The maximum atomic E-state index is 15.0. The summed E-state index contributed by atoms with van der Waals surface area (Å²) in [6.07, 6.45) is -12.5. The van der Waals surface area contributed by atoms with Gasteiger partial charge < -0.3 is 9.64 Å². The molecule has 0 bridgehead atoms. The van der Waals surface area contributed by atoms with Gasteiger partial charge in [0.25, 0.3) is 0 Å². The number of alkyl halides is 7. The average Bonchev–Trinajstić information content (AvgIpc) is 3.40. The molecule has 1 saturated carbocycles. The van der Waals surface area contributed by atoms with Crippen molar-refractivity contribution in [2.75, 3.05) is 13.7 Å². The van der Waals surface area contributed by atoms with E-state index < -0.39 is 78.6 Å². The minimum atomic E-state index is -6.37. The summed E-state index contributed by atoms with van der Waals surface area (Å²) < 4.78 is 143. The molecule has 2 fully saturated rings. The highest BCUT2D eigenvalue weighted by Crippen LogP contribution is 2.57. The molecule has 6 nitrogen and oxygen atoms in total. The first-order valence-electron chi connectivity index (χ1n) is 14.7. The fourth-order valence-corrected chi connectivity index (χ4v) is 10.1. The zero-order chi connectivity index (χ0) is 34.0. The van der Waals surface area contributed by atoms with Crippen molar-refractivity contribution in [2.45, 2.75) is 79.2 Å². The molecular formula is C31H31F8NO5S. The topological polar surface area (TPSA) is 80.8 Å². The number of carbonyl (C=O) groups is 2. The number of aryl methyl sites for hydroxylation is 1. The van der Waals surface area contributed by atoms with E-state index in [1.807, 2.05) is 0 Å². The second-order valence-electron chi connectivity index (χ2n) is 12.3. The van der Waals surface area contributed by atoms with Crippen LogP contribution >= 0.6 is 0 Å². The molecule has 2 aliphatic carbocycles. The van der Waals surface area contributed by atoms with Gasteiger partial charge in [-0.1, -0.05) is 31.2 Å². The zero-order valence-electron chi connectivity index (χ0n) is 24.7. The van der Waals surface area contributed by atoms with E-state index in [0.717, 1.165) is 30.3 Å². The highest BCUT2D eigenvalue weighted by atomic mass is 32.2. The lowest BCUT2D eigenvalue weighted by molar-refractivity contribution is -0.348. The van der Waals surface area contributed by atoms with Crippen LogP contribution in [-0.2, 0) is 41.0 Å². The van der Waals surface area contributed by atoms with Gasteiger partial charge in [-0.05, 0) is 73.8 Å². The van der Waals surface area contributed by atoms with Crippen molar-refractivity contribution in [3.63, 3.8) is 0 Å². The van der Waals surface area contributed by atoms with Gasteiger partial charge >= 0.3 is 24.0 Å².